The number of benzene rings is 2. The highest BCUT2D eigenvalue weighted by Gasteiger charge is 2.13. The van der Waals surface area contributed by atoms with Gasteiger partial charge in [-0.2, -0.15) is 0 Å². The zero-order valence-corrected chi connectivity index (χ0v) is 13.6. The molecule has 22 heavy (non-hydrogen) atoms. The maximum Gasteiger partial charge on any atom is 0.336 e. The van der Waals surface area contributed by atoms with Crippen molar-refractivity contribution in [1.82, 2.24) is 0 Å². The van der Waals surface area contributed by atoms with Gasteiger partial charge in [0.1, 0.15) is 5.58 Å². The van der Waals surface area contributed by atoms with E-state index < -0.39 is 5.63 Å². The summed E-state index contributed by atoms with van der Waals surface area (Å²) in [4.78, 5) is 11.9. The summed E-state index contributed by atoms with van der Waals surface area (Å²) in [7, 11) is 3.11. The van der Waals surface area contributed by atoms with Gasteiger partial charge in [0, 0.05) is 27.6 Å². The van der Waals surface area contributed by atoms with Crippen LogP contribution in [-0.4, -0.2) is 14.2 Å². The van der Waals surface area contributed by atoms with Crippen LogP contribution in [0.15, 0.2) is 56.1 Å². The number of fused-ring (bicyclic) bond motifs is 1. The van der Waals surface area contributed by atoms with Crippen LogP contribution in [0, 0.1) is 0 Å². The van der Waals surface area contributed by atoms with Crippen molar-refractivity contribution in [1.29, 1.82) is 0 Å². The van der Waals surface area contributed by atoms with Crippen LogP contribution in [0.2, 0.25) is 0 Å². The molecule has 0 radical (unpaired) electrons. The first kappa shape index (κ1) is 14.7. The molecule has 5 heteroatoms. The molecule has 0 amide bonds. The molecule has 0 aliphatic carbocycles. The molecular formula is C17H13BrO4. The minimum absolute atomic E-state index is 0.408. The lowest BCUT2D eigenvalue weighted by molar-refractivity contribution is 0.355. The van der Waals surface area contributed by atoms with Crippen molar-refractivity contribution in [2.24, 2.45) is 0 Å². The second-order valence-electron chi connectivity index (χ2n) is 4.69. The van der Waals surface area contributed by atoms with Gasteiger partial charge in [-0.1, -0.05) is 28.1 Å². The third-order valence-corrected chi connectivity index (χ3v) is 3.88. The van der Waals surface area contributed by atoms with E-state index in [0.29, 0.717) is 17.1 Å². The van der Waals surface area contributed by atoms with E-state index in [4.69, 9.17) is 13.9 Å². The summed E-state index contributed by atoms with van der Waals surface area (Å²) in [5, 5.41) is 0.787. The van der Waals surface area contributed by atoms with Gasteiger partial charge in [-0.05, 0) is 23.8 Å². The number of halogens is 1. The molecule has 0 aliphatic heterocycles. The maximum absolute atomic E-state index is 11.9. The molecule has 0 saturated heterocycles. The van der Waals surface area contributed by atoms with Crippen LogP contribution in [0.4, 0.5) is 0 Å². The summed E-state index contributed by atoms with van der Waals surface area (Å²) in [6.45, 7) is 0. The summed E-state index contributed by atoms with van der Waals surface area (Å²) in [6, 6.07) is 12.7. The highest BCUT2D eigenvalue weighted by atomic mass is 79.9. The minimum atomic E-state index is -0.408. The van der Waals surface area contributed by atoms with E-state index in [1.54, 1.807) is 20.3 Å². The topological polar surface area (TPSA) is 48.7 Å². The second kappa shape index (κ2) is 5.85. The highest BCUT2D eigenvalue weighted by Crippen LogP contribution is 2.36. The van der Waals surface area contributed by atoms with Crippen molar-refractivity contribution in [3.8, 4) is 22.6 Å². The first-order valence-corrected chi connectivity index (χ1v) is 7.37. The van der Waals surface area contributed by atoms with Crippen molar-refractivity contribution in [3.63, 3.8) is 0 Å². The standard InChI is InChI=1S/C17H13BrO4/c1-20-15-7-13-12(10-4-3-5-11(18)6-10)8-17(19)22-14(13)9-16(15)21-2/h3-9H,1-2H3. The third-order valence-electron chi connectivity index (χ3n) is 3.38. The summed E-state index contributed by atoms with van der Waals surface area (Å²) in [6.07, 6.45) is 0. The van der Waals surface area contributed by atoms with Gasteiger partial charge in [0.25, 0.3) is 0 Å². The predicted octanol–water partition coefficient (Wildman–Crippen LogP) is 4.24. The van der Waals surface area contributed by atoms with Crippen molar-refractivity contribution in [2.75, 3.05) is 14.2 Å². The Balaban J connectivity index is 2.36. The molecule has 4 nitrogen and oxygen atoms in total. The summed E-state index contributed by atoms with van der Waals surface area (Å²) >= 11 is 3.45. The van der Waals surface area contributed by atoms with Gasteiger partial charge < -0.3 is 13.9 Å². The maximum atomic E-state index is 11.9. The van der Waals surface area contributed by atoms with Gasteiger partial charge in [0.05, 0.1) is 14.2 Å². The molecule has 0 spiro atoms. The lowest BCUT2D eigenvalue weighted by Gasteiger charge is -2.11. The smallest absolute Gasteiger partial charge is 0.336 e. The summed E-state index contributed by atoms with van der Waals surface area (Å²) in [5.41, 5.74) is 1.75. The zero-order valence-electron chi connectivity index (χ0n) is 12.1. The molecule has 0 aliphatic rings. The van der Waals surface area contributed by atoms with Gasteiger partial charge >= 0.3 is 5.63 Å². The predicted molar refractivity (Wildman–Crippen MR) is 88.7 cm³/mol. The van der Waals surface area contributed by atoms with Gasteiger partial charge in [-0.3, -0.25) is 0 Å². The fourth-order valence-electron chi connectivity index (χ4n) is 2.38. The quantitative estimate of drug-likeness (QED) is 0.655. The van der Waals surface area contributed by atoms with Crippen LogP contribution in [0.5, 0.6) is 11.5 Å². The second-order valence-corrected chi connectivity index (χ2v) is 5.61. The Morgan fingerprint density at radius 1 is 1.00 bits per heavy atom. The van der Waals surface area contributed by atoms with E-state index in [-0.39, 0.29) is 0 Å². The van der Waals surface area contributed by atoms with Crippen molar-refractivity contribution in [3.05, 3.63) is 57.4 Å². The highest BCUT2D eigenvalue weighted by molar-refractivity contribution is 9.10. The van der Waals surface area contributed by atoms with Crippen LogP contribution in [0.3, 0.4) is 0 Å². The molecule has 0 saturated carbocycles. The molecule has 0 bridgehead atoms. The van der Waals surface area contributed by atoms with Crippen molar-refractivity contribution in [2.45, 2.75) is 0 Å². The van der Waals surface area contributed by atoms with Crippen LogP contribution in [0.1, 0.15) is 0 Å². The Morgan fingerprint density at radius 3 is 2.41 bits per heavy atom. The van der Waals surface area contributed by atoms with E-state index in [1.807, 2.05) is 30.3 Å². The first-order valence-electron chi connectivity index (χ1n) is 6.58. The SMILES string of the molecule is COc1cc2oc(=O)cc(-c3cccc(Br)c3)c2cc1OC. The minimum Gasteiger partial charge on any atom is -0.493 e. The molecule has 1 aromatic heterocycles. The van der Waals surface area contributed by atoms with Crippen LogP contribution < -0.4 is 15.1 Å². The monoisotopic (exact) mass is 360 g/mol. The fourth-order valence-corrected chi connectivity index (χ4v) is 2.78. The van der Waals surface area contributed by atoms with Gasteiger partial charge in [0.2, 0.25) is 0 Å². The average Bonchev–Trinajstić information content (AvgIpc) is 2.52. The van der Waals surface area contributed by atoms with Gasteiger partial charge in [0.15, 0.2) is 11.5 Å². The number of hydrogen-bond acceptors (Lipinski definition) is 4. The largest absolute Gasteiger partial charge is 0.493 e. The molecule has 0 N–H and O–H groups in total. The van der Waals surface area contributed by atoms with Gasteiger partial charge in [-0.25, -0.2) is 4.79 Å². The number of hydrogen-bond donors (Lipinski definition) is 0. The average molecular weight is 361 g/mol. The van der Waals surface area contributed by atoms with Crippen LogP contribution in [-0.2, 0) is 0 Å². The van der Waals surface area contributed by atoms with E-state index in [1.165, 1.54) is 6.07 Å². The van der Waals surface area contributed by atoms with E-state index in [0.717, 1.165) is 21.0 Å². The van der Waals surface area contributed by atoms with E-state index in [2.05, 4.69) is 15.9 Å². The summed E-state index contributed by atoms with van der Waals surface area (Å²) in [5.74, 6) is 1.10. The molecule has 1 heterocycles. The number of rotatable bonds is 3. The number of methoxy groups -OCH3 is 2. The Morgan fingerprint density at radius 2 is 1.73 bits per heavy atom. The molecule has 3 aromatic rings. The molecule has 112 valence electrons. The van der Waals surface area contributed by atoms with Crippen LogP contribution >= 0.6 is 15.9 Å². The lowest BCUT2D eigenvalue weighted by Crippen LogP contribution is -1.99. The molecular weight excluding hydrogens is 348 g/mol. The Hall–Kier alpha value is -2.27. The van der Waals surface area contributed by atoms with Gasteiger partial charge in [-0.15, -0.1) is 0 Å². The molecule has 3 rings (SSSR count). The third kappa shape index (κ3) is 2.60. The van der Waals surface area contributed by atoms with E-state index >= 15 is 0 Å². The Bertz CT molecular complexity index is 899. The normalized spacial score (nSPS) is 10.7. The molecule has 0 unspecified atom stereocenters. The van der Waals surface area contributed by atoms with Crippen molar-refractivity contribution < 1.29 is 13.9 Å². The molecule has 2 aromatic carbocycles. The number of ether oxygens (including phenoxy) is 2. The Kier molecular flexibility index (Phi) is 3.90. The van der Waals surface area contributed by atoms with Crippen molar-refractivity contribution >= 4 is 26.9 Å². The summed E-state index contributed by atoms with van der Waals surface area (Å²) < 4.78 is 16.8. The fraction of sp³-hybridized carbons (Fsp3) is 0.118. The zero-order chi connectivity index (χ0) is 15.7. The molecule has 0 fully saturated rings. The first-order chi connectivity index (χ1) is 10.6. The lowest BCUT2D eigenvalue weighted by atomic mass is 10.0. The van der Waals surface area contributed by atoms with Crippen LogP contribution in [0.25, 0.3) is 22.1 Å². The molecule has 0 atom stereocenters. The Labute approximate surface area is 135 Å². The van der Waals surface area contributed by atoms with E-state index in [9.17, 15) is 4.79 Å².